The Morgan fingerprint density at radius 1 is 1.47 bits per heavy atom. The molecular formula is C14H18BrNO3. The van der Waals surface area contributed by atoms with E-state index >= 15 is 0 Å². The van der Waals surface area contributed by atoms with Crippen LogP contribution in [0.4, 0.5) is 0 Å². The zero-order chi connectivity index (χ0) is 13.8. The molecular weight excluding hydrogens is 310 g/mol. The van der Waals surface area contributed by atoms with Crippen LogP contribution < -0.4 is 4.74 Å². The lowest BCUT2D eigenvalue weighted by atomic mass is 9.98. The monoisotopic (exact) mass is 327 g/mol. The fourth-order valence-electron chi connectivity index (χ4n) is 2.45. The highest BCUT2D eigenvalue weighted by atomic mass is 79.9. The fraction of sp³-hybridized carbons (Fsp3) is 0.500. The van der Waals surface area contributed by atoms with Gasteiger partial charge in [0.25, 0.3) is 0 Å². The zero-order valence-electron chi connectivity index (χ0n) is 10.9. The van der Waals surface area contributed by atoms with Gasteiger partial charge >= 0.3 is 5.97 Å². The molecule has 1 unspecified atom stereocenters. The number of hydrogen-bond donors (Lipinski definition) is 1. The first-order chi connectivity index (χ1) is 9.11. The normalized spacial score (nSPS) is 17.4. The molecule has 2 rings (SSSR count). The van der Waals surface area contributed by atoms with E-state index in [2.05, 4.69) is 20.8 Å². The topological polar surface area (TPSA) is 49.8 Å². The average molecular weight is 328 g/mol. The standard InChI is InChI=1S/C14H18BrNO3/c1-19-13-5-4-10(8-12(13)15)11(14(17)18)9-16-6-2-3-7-16/h4-5,8,11H,2-3,6-7,9H2,1H3,(H,17,18). The first kappa shape index (κ1) is 14.3. The summed E-state index contributed by atoms with van der Waals surface area (Å²) in [6.07, 6.45) is 2.33. The van der Waals surface area contributed by atoms with E-state index in [4.69, 9.17) is 4.74 Å². The van der Waals surface area contributed by atoms with Crippen molar-refractivity contribution >= 4 is 21.9 Å². The summed E-state index contributed by atoms with van der Waals surface area (Å²) in [6, 6.07) is 5.48. The number of benzene rings is 1. The summed E-state index contributed by atoms with van der Waals surface area (Å²) >= 11 is 3.41. The molecule has 0 amide bonds. The van der Waals surface area contributed by atoms with E-state index in [0.29, 0.717) is 12.3 Å². The lowest BCUT2D eigenvalue weighted by Gasteiger charge is -2.21. The Bertz CT molecular complexity index is 458. The number of carboxylic acids is 1. The van der Waals surface area contributed by atoms with E-state index in [1.807, 2.05) is 12.1 Å². The first-order valence-corrected chi connectivity index (χ1v) is 7.19. The molecule has 0 aliphatic carbocycles. The smallest absolute Gasteiger partial charge is 0.312 e. The number of carboxylic acid groups (broad SMARTS) is 1. The van der Waals surface area contributed by atoms with Crippen molar-refractivity contribution in [2.24, 2.45) is 0 Å². The van der Waals surface area contributed by atoms with Gasteiger partial charge in [0.15, 0.2) is 0 Å². The Kier molecular flexibility index (Phi) is 4.82. The molecule has 1 aliphatic heterocycles. The van der Waals surface area contributed by atoms with Crippen LogP contribution in [0.3, 0.4) is 0 Å². The summed E-state index contributed by atoms with van der Waals surface area (Å²) in [7, 11) is 1.60. The van der Waals surface area contributed by atoms with Gasteiger partial charge in [0.1, 0.15) is 5.75 Å². The molecule has 1 aliphatic rings. The number of ether oxygens (including phenoxy) is 1. The molecule has 1 aromatic rings. The van der Waals surface area contributed by atoms with Gasteiger partial charge in [-0.25, -0.2) is 0 Å². The Morgan fingerprint density at radius 3 is 2.68 bits per heavy atom. The third kappa shape index (κ3) is 3.48. The van der Waals surface area contributed by atoms with Gasteiger partial charge in [-0.15, -0.1) is 0 Å². The molecule has 0 spiro atoms. The number of hydrogen-bond acceptors (Lipinski definition) is 3. The van der Waals surface area contributed by atoms with Crippen molar-refractivity contribution in [2.75, 3.05) is 26.7 Å². The molecule has 1 aromatic carbocycles. The van der Waals surface area contributed by atoms with Crippen LogP contribution in [0.5, 0.6) is 5.75 Å². The summed E-state index contributed by atoms with van der Waals surface area (Å²) in [5.41, 5.74) is 0.812. The van der Waals surface area contributed by atoms with Crippen molar-refractivity contribution < 1.29 is 14.6 Å². The molecule has 104 valence electrons. The number of aliphatic carboxylic acids is 1. The number of halogens is 1. The molecule has 5 heteroatoms. The third-order valence-electron chi connectivity index (χ3n) is 3.52. The molecule has 1 saturated heterocycles. The quantitative estimate of drug-likeness (QED) is 0.903. The average Bonchev–Trinajstić information content (AvgIpc) is 2.88. The highest BCUT2D eigenvalue weighted by Crippen LogP contribution is 2.29. The van der Waals surface area contributed by atoms with Crippen LogP contribution in [-0.2, 0) is 4.79 Å². The zero-order valence-corrected chi connectivity index (χ0v) is 12.5. The molecule has 1 fully saturated rings. The predicted octanol–water partition coefficient (Wildman–Crippen LogP) is 2.72. The van der Waals surface area contributed by atoms with Crippen LogP contribution in [0, 0.1) is 0 Å². The summed E-state index contributed by atoms with van der Waals surface area (Å²) in [6.45, 7) is 2.58. The van der Waals surface area contributed by atoms with Crippen molar-refractivity contribution in [3.63, 3.8) is 0 Å². The van der Waals surface area contributed by atoms with Gasteiger partial charge in [-0.2, -0.15) is 0 Å². The number of nitrogens with zero attached hydrogens (tertiary/aromatic N) is 1. The second-order valence-corrected chi connectivity index (χ2v) is 5.65. The minimum absolute atomic E-state index is 0.486. The Balaban J connectivity index is 2.18. The number of likely N-dealkylation sites (tertiary alicyclic amines) is 1. The summed E-state index contributed by atoms with van der Waals surface area (Å²) in [4.78, 5) is 13.7. The van der Waals surface area contributed by atoms with Gasteiger partial charge in [0.05, 0.1) is 17.5 Å². The van der Waals surface area contributed by atoms with Crippen molar-refractivity contribution in [3.8, 4) is 5.75 Å². The minimum atomic E-state index is -0.774. The van der Waals surface area contributed by atoms with E-state index in [9.17, 15) is 9.90 Å². The minimum Gasteiger partial charge on any atom is -0.496 e. The molecule has 0 saturated carbocycles. The van der Waals surface area contributed by atoms with E-state index in [1.165, 1.54) is 12.8 Å². The molecule has 1 heterocycles. The van der Waals surface area contributed by atoms with Gasteiger partial charge in [-0.1, -0.05) is 6.07 Å². The molecule has 4 nitrogen and oxygen atoms in total. The second-order valence-electron chi connectivity index (χ2n) is 4.79. The van der Waals surface area contributed by atoms with Crippen LogP contribution >= 0.6 is 15.9 Å². The lowest BCUT2D eigenvalue weighted by Crippen LogP contribution is -2.29. The van der Waals surface area contributed by atoms with Gasteiger partial charge in [0.2, 0.25) is 0 Å². The largest absolute Gasteiger partial charge is 0.496 e. The van der Waals surface area contributed by atoms with Crippen molar-refractivity contribution in [3.05, 3.63) is 28.2 Å². The van der Waals surface area contributed by atoms with Crippen molar-refractivity contribution in [1.82, 2.24) is 4.90 Å². The highest BCUT2D eigenvalue weighted by Gasteiger charge is 2.25. The molecule has 0 aromatic heterocycles. The van der Waals surface area contributed by atoms with Crippen molar-refractivity contribution in [2.45, 2.75) is 18.8 Å². The number of carbonyl (C=O) groups is 1. The van der Waals surface area contributed by atoms with Crippen LogP contribution in [0.15, 0.2) is 22.7 Å². The number of methoxy groups -OCH3 is 1. The SMILES string of the molecule is COc1ccc(C(CN2CCCC2)C(=O)O)cc1Br. The van der Waals surface area contributed by atoms with Crippen molar-refractivity contribution in [1.29, 1.82) is 0 Å². The van der Waals surface area contributed by atoms with Crippen LogP contribution in [-0.4, -0.2) is 42.7 Å². The molecule has 19 heavy (non-hydrogen) atoms. The maximum Gasteiger partial charge on any atom is 0.312 e. The fourth-order valence-corrected chi connectivity index (χ4v) is 3.01. The third-order valence-corrected chi connectivity index (χ3v) is 4.14. The highest BCUT2D eigenvalue weighted by molar-refractivity contribution is 9.10. The van der Waals surface area contributed by atoms with E-state index < -0.39 is 11.9 Å². The molecule has 1 atom stereocenters. The molecule has 0 bridgehead atoms. The van der Waals surface area contributed by atoms with Crippen LogP contribution in [0.25, 0.3) is 0 Å². The van der Waals surface area contributed by atoms with E-state index in [-0.39, 0.29) is 0 Å². The van der Waals surface area contributed by atoms with Gasteiger partial charge < -0.3 is 14.7 Å². The maximum atomic E-state index is 11.5. The Morgan fingerprint density at radius 2 is 2.16 bits per heavy atom. The van der Waals surface area contributed by atoms with Gasteiger partial charge in [-0.3, -0.25) is 4.79 Å². The summed E-state index contributed by atoms with van der Waals surface area (Å²) in [5.74, 6) is -0.543. The predicted molar refractivity (Wildman–Crippen MR) is 76.7 cm³/mol. The van der Waals surface area contributed by atoms with Gasteiger partial charge in [-0.05, 0) is 59.6 Å². The molecule has 0 radical (unpaired) electrons. The van der Waals surface area contributed by atoms with E-state index in [0.717, 1.165) is 23.1 Å². The first-order valence-electron chi connectivity index (χ1n) is 6.40. The lowest BCUT2D eigenvalue weighted by molar-refractivity contribution is -0.139. The van der Waals surface area contributed by atoms with Gasteiger partial charge in [0, 0.05) is 6.54 Å². The van der Waals surface area contributed by atoms with Crippen LogP contribution in [0.2, 0.25) is 0 Å². The Labute approximate surface area is 121 Å². The van der Waals surface area contributed by atoms with Crippen LogP contribution in [0.1, 0.15) is 24.3 Å². The van der Waals surface area contributed by atoms with E-state index in [1.54, 1.807) is 13.2 Å². The summed E-state index contributed by atoms with van der Waals surface area (Å²) < 4.78 is 5.96. The maximum absolute atomic E-state index is 11.5. The Hall–Kier alpha value is -1.07. The summed E-state index contributed by atoms with van der Waals surface area (Å²) in [5, 5.41) is 9.43. The molecule has 1 N–H and O–H groups in total. The second kappa shape index (κ2) is 6.39. The number of rotatable bonds is 5.